The van der Waals surface area contributed by atoms with Gasteiger partial charge in [-0.3, -0.25) is 5.41 Å². The molecule has 0 saturated carbocycles. The first-order valence-corrected chi connectivity index (χ1v) is 7.84. The first-order chi connectivity index (χ1) is 10.0. The number of thioether (sulfide) groups is 1. The lowest BCUT2D eigenvalue weighted by Gasteiger charge is -2.09. The molecule has 2 aromatic carbocycles. The fourth-order valence-electron chi connectivity index (χ4n) is 1.79. The maximum absolute atomic E-state index is 7.58. The molecule has 0 aliphatic rings. The normalized spacial score (nSPS) is 10.4. The Balaban J connectivity index is 2.14. The van der Waals surface area contributed by atoms with Crippen molar-refractivity contribution in [2.24, 2.45) is 5.73 Å². The van der Waals surface area contributed by atoms with Crippen LogP contribution in [0, 0.1) is 5.41 Å². The van der Waals surface area contributed by atoms with E-state index in [1.165, 1.54) is 0 Å². The summed E-state index contributed by atoms with van der Waals surface area (Å²) in [6.07, 6.45) is 0. The van der Waals surface area contributed by atoms with E-state index in [9.17, 15) is 0 Å². The van der Waals surface area contributed by atoms with E-state index in [1.54, 1.807) is 24.9 Å². The number of nitrogen functional groups attached to an aromatic ring is 1. The molecule has 0 radical (unpaired) electrons. The molecule has 0 bridgehead atoms. The summed E-state index contributed by atoms with van der Waals surface area (Å²) in [6.45, 7) is 0. The van der Waals surface area contributed by atoms with Crippen LogP contribution in [-0.4, -0.2) is 12.9 Å². The van der Waals surface area contributed by atoms with Crippen molar-refractivity contribution in [3.63, 3.8) is 0 Å². The van der Waals surface area contributed by atoms with Crippen LogP contribution < -0.4 is 10.5 Å². The Kier molecular flexibility index (Phi) is 5.39. The SMILES string of the molecule is COc1ccc(CSc2ccc(Cl)c(Cl)c2)cc1C(=N)N. The molecule has 0 amide bonds. The van der Waals surface area contributed by atoms with E-state index < -0.39 is 0 Å². The van der Waals surface area contributed by atoms with Gasteiger partial charge in [-0.15, -0.1) is 11.8 Å². The van der Waals surface area contributed by atoms with E-state index in [4.69, 9.17) is 39.1 Å². The van der Waals surface area contributed by atoms with Crippen LogP contribution in [0.15, 0.2) is 41.3 Å². The maximum atomic E-state index is 7.58. The summed E-state index contributed by atoms with van der Waals surface area (Å²) < 4.78 is 5.19. The van der Waals surface area contributed by atoms with Crippen LogP contribution in [-0.2, 0) is 5.75 Å². The number of hydrogen-bond donors (Lipinski definition) is 2. The minimum absolute atomic E-state index is 0.00626. The van der Waals surface area contributed by atoms with Crippen LogP contribution in [0.2, 0.25) is 10.0 Å². The van der Waals surface area contributed by atoms with Gasteiger partial charge in [-0.2, -0.15) is 0 Å². The predicted molar refractivity (Wildman–Crippen MR) is 90.0 cm³/mol. The first kappa shape index (κ1) is 16.0. The lowest BCUT2D eigenvalue weighted by atomic mass is 10.1. The molecule has 0 atom stereocenters. The highest BCUT2D eigenvalue weighted by molar-refractivity contribution is 7.98. The van der Waals surface area contributed by atoms with E-state index >= 15 is 0 Å². The van der Waals surface area contributed by atoms with Gasteiger partial charge in [0.1, 0.15) is 11.6 Å². The van der Waals surface area contributed by atoms with Gasteiger partial charge in [0.2, 0.25) is 0 Å². The lowest BCUT2D eigenvalue weighted by molar-refractivity contribution is 0.413. The molecule has 0 spiro atoms. The van der Waals surface area contributed by atoms with Gasteiger partial charge in [-0.05, 0) is 35.9 Å². The molecule has 6 heteroatoms. The molecule has 2 aromatic rings. The van der Waals surface area contributed by atoms with Gasteiger partial charge < -0.3 is 10.5 Å². The van der Waals surface area contributed by atoms with Crippen LogP contribution in [0.1, 0.15) is 11.1 Å². The lowest BCUT2D eigenvalue weighted by Crippen LogP contribution is -2.12. The Morgan fingerprint density at radius 3 is 2.57 bits per heavy atom. The minimum atomic E-state index is -0.00626. The standard InChI is InChI=1S/C15H14Cl2N2OS/c1-20-14-5-2-9(6-11(14)15(18)19)8-21-10-3-4-12(16)13(17)7-10/h2-7H,8H2,1H3,(H3,18,19). The third-order valence-electron chi connectivity index (χ3n) is 2.85. The molecular formula is C15H14Cl2N2OS. The molecule has 0 aliphatic heterocycles. The van der Waals surface area contributed by atoms with Crippen LogP contribution in [0.4, 0.5) is 0 Å². The van der Waals surface area contributed by atoms with Gasteiger partial charge in [-0.25, -0.2) is 0 Å². The van der Waals surface area contributed by atoms with E-state index in [0.717, 1.165) is 16.2 Å². The fourth-order valence-corrected chi connectivity index (χ4v) is 3.03. The van der Waals surface area contributed by atoms with Gasteiger partial charge in [0.25, 0.3) is 0 Å². The zero-order valence-electron chi connectivity index (χ0n) is 11.3. The molecule has 0 saturated heterocycles. The number of methoxy groups -OCH3 is 1. The van der Waals surface area contributed by atoms with Gasteiger partial charge >= 0.3 is 0 Å². The van der Waals surface area contributed by atoms with Gasteiger partial charge in [0, 0.05) is 10.6 Å². The van der Waals surface area contributed by atoms with Crippen molar-refractivity contribution in [1.82, 2.24) is 0 Å². The fraction of sp³-hybridized carbons (Fsp3) is 0.133. The number of ether oxygens (including phenoxy) is 1. The summed E-state index contributed by atoms with van der Waals surface area (Å²) in [5.41, 5.74) is 7.22. The molecule has 0 heterocycles. The summed E-state index contributed by atoms with van der Waals surface area (Å²) >= 11 is 13.5. The topological polar surface area (TPSA) is 59.1 Å². The van der Waals surface area contributed by atoms with Crippen molar-refractivity contribution in [2.45, 2.75) is 10.6 Å². The van der Waals surface area contributed by atoms with Crippen LogP contribution in [0.25, 0.3) is 0 Å². The molecule has 110 valence electrons. The number of rotatable bonds is 5. The van der Waals surface area contributed by atoms with Gasteiger partial charge in [0.05, 0.1) is 22.7 Å². The average molecular weight is 341 g/mol. The third kappa shape index (κ3) is 4.06. The van der Waals surface area contributed by atoms with Gasteiger partial charge in [0.15, 0.2) is 0 Å². The molecule has 0 aromatic heterocycles. The monoisotopic (exact) mass is 340 g/mol. The number of halogens is 2. The largest absolute Gasteiger partial charge is 0.496 e. The number of hydrogen-bond acceptors (Lipinski definition) is 3. The van der Waals surface area contributed by atoms with Crippen molar-refractivity contribution in [1.29, 1.82) is 5.41 Å². The van der Waals surface area contributed by atoms with Crippen LogP contribution in [0.5, 0.6) is 5.75 Å². The molecular weight excluding hydrogens is 327 g/mol. The summed E-state index contributed by atoms with van der Waals surface area (Å²) in [4.78, 5) is 1.03. The number of nitrogens with two attached hydrogens (primary N) is 1. The summed E-state index contributed by atoms with van der Waals surface area (Å²) in [5.74, 6) is 1.33. The van der Waals surface area contributed by atoms with E-state index in [2.05, 4.69) is 0 Å². The second kappa shape index (κ2) is 7.07. The van der Waals surface area contributed by atoms with Crippen molar-refractivity contribution in [3.05, 3.63) is 57.6 Å². The summed E-state index contributed by atoms with van der Waals surface area (Å²) in [7, 11) is 1.56. The molecule has 2 rings (SSSR count). The van der Waals surface area contributed by atoms with Crippen molar-refractivity contribution >= 4 is 40.8 Å². The highest BCUT2D eigenvalue weighted by Crippen LogP contribution is 2.30. The predicted octanol–water partition coefficient (Wildman–Crippen LogP) is 4.58. The quantitative estimate of drug-likeness (QED) is 0.475. The zero-order chi connectivity index (χ0) is 15.4. The Morgan fingerprint density at radius 1 is 1.19 bits per heavy atom. The summed E-state index contributed by atoms with van der Waals surface area (Å²) in [5, 5.41) is 8.67. The Bertz CT molecular complexity index is 677. The molecule has 0 aliphatic carbocycles. The van der Waals surface area contributed by atoms with Crippen molar-refractivity contribution < 1.29 is 4.74 Å². The van der Waals surface area contributed by atoms with E-state index in [1.807, 2.05) is 30.3 Å². The number of amidine groups is 1. The first-order valence-electron chi connectivity index (χ1n) is 6.10. The van der Waals surface area contributed by atoms with Crippen LogP contribution >= 0.6 is 35.0 Å². The Hall–Kier alpha value is -1.36. The second-order valence-electron chi connectivity index (χ2n) is 4.31. The summed E-state index contributed by atoms with van der Waals surface area (Å²) in [6, 6.07) is 11.2. The Morgan fingerprint density at radius 2 is 1.95 bits per heavy atom. The van der Waals surface area contributed by atoms with E-state index in [0.29, 0.717) is 21.4 Å². The number of nitrogens with one attached hydrogen (secondary N) is 1. The highest BCUT2D eigenvalue weighted by Gasteiger charge is 2.08. The molecule has 3 nitrogen and oxygen atoms in total. The van der Waals surface area contributed by atoms with Crippen molar-refractivity contribution in [3.8, 4) is 5.75 Å². The molecule has 3 N–H and O–H groups in total. The molecule has 0 fully saturated rings. The van der Waals surface area contributed by atoms with Gasteiger partial charge in [-0.1, -0.05) is 29.3 Å². The zero-order valence-corrected chi connectivity index (χ0v) is 13.6. The third-order valence-corrected chi connectivity index (χ3v) is 4.65. The van der Waals surface area contributed by atoms with Crippen molar-refractivity contribution in [2.75, 3.05) is 7.11 Å². The van der Waals surface area contributed by atoms with Crippen LogP contribution in [0.3, 0.4) is 0 Å². The average Bonchev–Trinajstić information content (AvgIpc) is 2.48. The Labute approximate surface area is 137 Å². The highest BCUT2D eigenvalue weighted by atomic mass is 35.5. The minimum Gasteiger partial charge on any atom is -0.496 e. The maximum Gasteiger partial charge on any atom is 0.129 e. The van der Waals surface area contributed by atoms with E-state index in [-0.39, 0.29) is 5.84 Å². The second-order valence-corrected chi connectivity index (χ2v) is 6.18. The molecule has 0 unspecified atom stereocenters. The molecule has 21 heavy (non-hydrogen) atoms. The number of benzene rings is 2. The smallest absolute Gasteiger partial charge is 0.129 e.